The fourth-order valence-electron chi connectivity index (χ4n) is 5.21. The Morgan fingerprint density at radius 2 is 1.67 bits per heavy atom. The van der Waals surface area contributed by atoms with Crippen molar-refractivity contribution in [3.8, 4) is 0 Å². The molecule has 0 aliphatic carbocycles. The normalized spacial score (nSPS) is 20.8. The van der Waals surface area contributed by atoms with E-state index in [0.29, 0.717) is 66.6 Å². The number of rotatable bonds is 5. The second-order valence-corrected chi connectivity index (χ2v) is 10.3. The summed E-state index contributed by atoms with van der Waals surface area (Å²) in [5.41, 5.74) is 1.52. The van der Waals surface area contributed by atoms with Crippen molar-refractivity contribution in [2.45, 2.75) is 44.8 Å². The van der Waals surface area contributed by atoms with E-state index in [-0.39, 0.29) is 35.6 Å². The molecule has 2 heterocycles. The molecule has 2 aliphatic rings. The molecule has 2 aliphatic heterocycles. The molecule has 0 saturated carbocycles. The lowest BCUT2D eigenvalue weighted by Gasteiger charge is -2.41. The quantitative estimate of drug-likeness (QED) is 0.597. The molecule has 3 amide bonds. The number of alkyl halides is 1. The first-order valence-corrected chi connectivity index (χ1v) is 13.0. The van der Waals surface area contributed by atoms with Crippen molar-refractivity contribution < 1.29 is 18.8 Å². The van der Waals surface area contributed by atoms with Crippen molar-refractivity contribution in [2.75, 3.05) is 26.2 Å². The average Bonchev–Trinajstić information content (AvgIpc) is 2.90. The summed E-state index contributed by atoms with van der Waals surface area (Å²) < 4.78 is 13.5. The zero-order valence-electron chi connectivity index (χ0n) is 20.2. The zero-order valence-corrected chi connectivity index (χ0v) is 21.7. The number of hydrogen-bond acceptors (Lipinski definition) is 3. The largest absolute Gasteiger partial charge is 0.349 e. The maximum absolute atomic E-state index is 13.5. The molecular weight excluding hydrogens is 504 g/mol. The Bertz CT molecular complexity index is 1140. The van der Waals surface area contributed by atoms with Crippen LogP contribution < -0.4 is 5.32 Å². The van der Waals surface area contributed by atoms with E-state index in [0.717, 1.165) is 5.56 Å². The van der Waals surface area contributed by atoms with E-state index in [1.54, 1.807) is 48.2 Å². The lowest BCUT2D eigenvalue weighted by Crippen LogP contribution is -2.53. The molecule has 1 N–H and O–H groups in total. The minimum absolute atomic E-state index is 0.0338. The summed E-state index contributed by atoms with van der Waals surface area (Å²) in [6.45, 7) is 2.91. The van der Waals surface area contributed by atoms with Gasteiger partial charge in [-0.3, -0.25) is 14.4 Å². The molecule has 4 rings (SSSR count). The fourth-order valence-corrected chi connectivity index (χ4v) is 5.52. The molecule has 2 aromatic rings. The number of carbonyl (C=O) groups is 3. The molecular formula is C27H30Cl2FN3O3. The van der Waals surface area contributed by atoms with Gasteiger partial charge in [0, 0.05) is 56.5 Å². The second kappa shape index (κ2) is 11.6. The standard InChI is InChI=1S/C27H30Cl2FN3O3/c1-17(34)32-11-8-18(9-12-32)27(36)33-13-10-25(22(16-33)19-6-7-23(28)24(29)14-19)31-26(35)21-5-3-2-4-20(21)15-30/h2-7,14,18,22,25H,8-13,15-16H2,1H3,(H,31,35). The van der Waals surface area contributed by atoms with Crippen molar-refractivity contribution >= 4 is 40.9 Å². The van der Waals surface area contributed by atoms with E-state index in [1.807, 2.05) is 11.0 Å². The highest BCUT2D eigenvalue weighted by Crippen LogP contribution is 2.33. The van der Waals surface area contributed by atoms with Crippen LogP contribution >= 0.6 is 23.2 Å². The van der Waals surface area contributed by atoms with Crippen molar-refractivity contribution in [1.82, 2.24) is 15.1 Å². The average molecular weight is 534 g/mol. The van der Waals surface area contributed by atoms with Gasteiger partial charge in [0.2, 0.25) is 11.8 Å². The number of halogens is 3. The molecule has 2 unspecified atom stereocenters. The van der Waals surface area contributed by atoms with E-state index >= 15 is 0 Å². The van der Waals surface area contributed by atoms with Crippen LogP contribution in [0, 0.1) is 5.92 Å². The third-order valence-corrected chi connectivity index (χ3v) is 8.05. The molecule has 192 valence electrons. The molecule has 9 heteroatoms. The first-order chi connectivity index (χ1) is 17.3. The summed E-state index contributed by atoms with van der Waals surface area (Å²) >= 11 is 12.4. The molecule has 2 atom stereocenters. The number of nitrogens with zero attached hydrogens (tertiary/aromatic N) is 2. The van der Waals surface area contributed by atoms with Gasteiger partial charge in [-0.2, -0.15) is 0 Å². The van der Waals surface area contributed by atoms with Gasteiger partial charge in [0.05, 0.1) is 10.0 Å². The molecule has 36 heavy (non-hydrogen) atoms. The van der Waals surface area contributed by atoms with E-state index < -0.39 is 6.67 Å². The van der Waals surface area contributed by atoms with Gasteiger partial charge in [-0.05, 0) is 48.6 Å². The van der Waals surface area contributed by atoms with Gasteiger partial charge in [-0.15, -0.1) is 0 Å². The summed E-state index contributed by atoms with van der Waals surface area (Å²) in [4.78, 5) is 41.8. The number of benzene rings is 2. The van der Waals surface area contributed by atoms with Crippen LogP contribution in [0.15, 0.2) is 42.5 Å². The van der Waals surface area contributed by atoms with Gasteiger partial charge < -0.3 is 15.1 Å². The monoisotopic (exact) mass is 533 g/mol. The van der Waals surface area contributed by atoms with Crippen molar-refractivity contribution in [3.63, 3.8) is 0 Å². The molecule has 0 aromatic heterocycles. The Hall–Kier alpha value is -2.64. The Balaban J connectivity index is 1.53. The maximum Gasteiger partial charge on any atom is 0.251 e. The predicted octanol–water partition coefficient (Wildman–Crippen LogP) is 4.84. The molecule has 2 fully saturated rings. The SMILES string of the molecule is CC(=O)N1CCC(C(=O)N2CCC(NC(=O)c3ccccc3CF)C(c3ccc(Cl)c(Cl)c3)C2)CC1. The van der Waals surface area contributed by atoms with Gasteiger partial charge in [-0.1, -0.05) is 47.5 Å². The van der Waals surface area contributed by atoms with Crippen LogP contribution in [0.3, 0.4) is 0 Å². The van der Waals surface area contributed by atoms with Crippen molar-refractivity contribution in [1.29, 1.82) is 0 Å². The molecule has 2 saturated heterocycles. The van der Waals surface area contributed by atoms with Crippen LogP contribution in [0.2, 0.25) is 10.0 Å². The number of nitrogens with one attached hydrogen (secondary N) is 1. The van der Waals surface area contributed by atoms with E-state index in [9.17, 15) is 18.8 Å². The van der Waals surface area contributed by atoms with Gasteiger partial charge in [-0.25, -0.2) is 4.39 Å². The van der Waals surface area contributed by atoms with Crippen LogP contribution in [0.25, 0.3) is 0 Å². The second-order valence-electron chi connectivity index (χ2n) is 9.50. The van der Waals surface area contributed by atoms with Gasteiger partial charge in [0.25, 0.3) is 5.91 Å². The number of hydrogen-bond donors (Lipinski definition) is 1. The lowest BCUT2D eigenvalue weighted by molar-refractivity contribution is -0.141. The Morgan fingerprint density at radius 3 is 2.33 bits per heavy atom. The summed E-state index contributed by atoms with van der Waals surface area (Å²) in [7, 11) is 0. The fraction of sp³-hybridized carbons (Fsp3) is 0.444. The Labute approximate surface area is 220 Å². The van der Waals surface area contributed by atoms with Gasteiger partial charge in [0.15, 0.2) is 0 Å². The third kappa shape index (κ3) is 5.84. The molecule has 0 spiro atoms. The molecule has 6 nitrogen and oxygen atoms in total. The first kappa shape index (κ1) is 26.4. The molecule has 2 aromatic carbocycles. The summed E-state index contributed by atoms with van der Waals surface area (Å²) in [5, 5.41) is 3.92. The van der Waals surface area contributed by atoms with Gasteiger partial charge in [0.1, 0.15) is 6.67 Å². The number of piperidine rings is 2. The maximum atomic E-state index is 13.5. The summed E-state index contributed by atoms with van der Waals surface area (Å²) in [5.74, 6) is -0.564. The highest BCUT2D eigenvalue weighted by atomic mass is 35.5. The smallest absolute Gasteiger partial charge is 0.251 e. The molecule has 0 bridgehead atoms. The summed E-state index contributed by atoms with van der Waals surface area (Å²) in [6.07, 6.45) is 1.84. The number of amides is 3. The van der Waals surface area contributed by atoms with Crippen LogP contribution in [-0.4, -0.2) is 59.7 Å². The van der Waals surface area contributed by atoms with Crippen LogP contribution in [0.4, 0.5) is 4.39 Å². The van der Waals surface area contributed by atoms with E-state index in [4.69, 9.17) is 23.2 Å². The minimum atomic E-state index is -0.727. The third-order valence-electron chi connectivity index (χ3n) is 7.31. The Kier molecular flexibility index (Phi) is 8.52. The number of carbonyl (C=O) groups excluding carboxylic acids is 3. The van der Waals surface area contributed by atoms with E-state index in [2.05, 4.69) is 5.32 Å². The molecule has 0 radical (unpaired) electrons. The predicted molar refractivity (Wildman–Crippen MR) is 138 cm³/mol. The van der Waals surface area contributed by atoms with Crippen molar-refractivity contribution in [2.24, 2.45) is 5.92 Å². The Morgan fingerprint density at radius 1 is 0.972 bits per heavy atom. The van der Waals surface area contributed by atoms with Crippen LogP contribution in [0.1, 0.15) is 53.6 Å². The van der Waals surface area contributed by atoms with Crippen LogP contribution in [0.5, 0.6) is 0 Å². The summed E-state index contributed by atoms with van der Waals surface area (Å²) in [6, 6.07) is 11.7. The lowest BCUT2D eigenvalue weighted by atomic mass is 9.84. The highest BCUT2D eigenvalue weighted by Gasteiger charge is 2.37. The highest BCUT2D eigenvalue weighted by molar-refractivity contribution is 6.42. The van der Waals surface area contributed by atoms with Crippen molar-refractivity contribution in [3.05, 3.63) is 69.2 Å². The number of likely N-dealkylation sites (tertiary alicyclic amines) is 2. The first-order valence-electron chi connectivity index (χ1n) is 12.2. The minimum Gasteiger partial charge on any atom is -0.349 e. The topological polar surface area (TPSA) is 69.7 Å². The van der Waals surface area contributed by atoms with Gasteiger partial charge >= 0.3 is 0 Å². The zero-order chi connectivity index (χ0) is 25.8. The van der Waals surface area contributed by atoms with E-state index in [1.165, 1.54) is 0 Å². The van der Waals surface area contributed by atoms with Crippen LogP contribution in [-0.2, 0) is 16.3 Å².